The van der Waals surface area contributed by atoms with Gasteiger partial charge in [-0.25, -0.2) is 0 Å². The third-order valence-corrected chi connectivity index (χ3v) is 8.56. The summed E-state index contributed by atoms with van der Waals surface area (Å²) in [6.07, 6.45) is 2.49. The first kappa shape index (κ1) is 26.7. The summed E-state index contributed by atoms with van der Waals surface area (Å²) in [5.74, 6) is 0.838. The second kappa shape index (κ2) is 11.8. The van der Waals surface area contributed by atoms with Gasteiger partial charge in [0, 0.05) is 34.3 Å². The molecule has 0 aliphatic carbocycles. The molecule has 2 N–H and O–H groups in total. The van der Waals surface area contributed by atoms with Crippen molar-refractivity contribution in [3.05, 3.63) is 64.8 Å². The summed E-state index contributed by atoms with van der Waals surface area (Å²) >= 11 is 8.27. The van der Waals surface area contributed by atoms with Crippen LogP contribution in [0.5, 0.6) is 5.75 Å². The number of methoxy groups -OCH3 is 1. The van der Waals surface area contributed by atoms with Crippen LogP contribution >= 0.6 is 23.4 Å². The number of aromatic nitrogens is 1. The van der Waals surface area contributed by atoms with E-state index in [1.54, 1.807) is 7.11 Å². The highest BCUT2D eigenvalue weighted by Gasteiger charge is 2.41. The molecule has 4 rings (SSSR count). The van der Waals surface area contributed by atoms with Crippen molar-refractivity contribution in [1.82, 2.24) is 9.88 Å². The predicted octanol–water partition coefficient (Wildman–Crippen LogP) is 5.98. The van der Waals surface area contributed by atoms with Crippen LogP contribution in [0, 0.1) is 12.3 Å². The molecular weight excluding hydrogens is 496 g/mol. The third-order valence-electron chi connectivity index (χ3n) is 7.26. The molecule has 1 aliphatic rings. The number of aryl methyl sites for hydroxylation is 1. The number of piperidine rings is 1. The minimum absolute atomic E-state index is 0.311. The number of hydrogen-bond acceptors (Lipinski definition) is 6. The number of rotatable bonds is 10. The van der Waals surface area contributed by atoms with Crippen molar-refractivity contribution in [2.45, 2.75) is 43.6 Å². The Bertz CT molecular complexity index is 1200. The van der Waals surface area contributed by atoms with E-state index in [2.05, 4.69) is 41.1 Å². The second-order valence-electron chi connectivity index (χ2n) is 9.55. The van der Waals surface area contributed by atoms with Crippen molar-refractivity contribution in [3.8, 4) is 5.75 Å². The van der Waals surface area contributed by atoms with Crippen LogP contribution in [0.25, 0.3) is 10.9 Å². The first-order valence-corrected chi connectivity index (χ1v) is 13.6. The number of aliphatic hydroxyl groups excluding tert-OH is 1. The molecule has 1 unspecified atom stereocenters. The quantitative estimate of drug-likeness (QED) is 0.313. The van der Waals surface area contributed by atoms with Crippen LogP contribution in [0.15, 0.2) is 53.6 Å². The Balaban J connectivity index is 1.37. The molecule has 192 valence electrons. The summed E-state index contributed by atoms with van der Waals surface area (Å²) in [6, 6.07) is 14.0. The number of nitrogens with zero attached hydrogens (tertiary/aromatic N) is 2. The van der Waals surface area contributed by atoms with Crippen LogP contribution in [0.3, 0.4) is 0 Å². The first-order valence-electron chi connectivity index (χ1n) is 12.3. The van der Waals surface area contributed by atoms with Crippen molar-refractivity contribution in [3.63, 3.8) is 0 Å². The average Bonchev–Trinajstić information content (AvgIpc) is 2.88. The topological polar surface area (TPSA) is 82.9 Å². The molecule has 8 heteroatoms. The van der Waals surface area contributed by atoms with Crippen LogP contribution in [0.1, 0.15) is 42.9 Å². The lowest BCUT2D eigenvalue weighted by Gasteiger charge is -2.39. The van der Waals surface area contributed by atoms with Gasteiger partial charge in [0.25, 0.3) is 0 Å². The van der Waals surface area contributed by atoms with E-state index in [9.17, 15) is 15.0 Å². The van der Waals surface area contributed by atoms with Gasteiger partial charge in [-0.3, -0.25) is 9.78 Å². The molecule has 0 saturated carbocycles. The summed E-state index contributed by atoms with van der Waals surface area (Å²) < 4.78 is 5.33. The summed E-state index contributed by atoms with van der Waals surface area (Å²) in [5.41, 5.74) is 1.70. The third kappa shape index (κ3) is 6.14. The van der Waals surface area contributed by atoms with E-state index < -0.39 is 17.5 Å². The van der Waals surface area contributed by atoms with E-state index in [0.29, 0.717) is 47.5 Å². The minimum atomic E-state index is -0.893. The number of halogens is 1. The van der Waals surface area contributed by atoms with Crippen LogP contribution < -0.4 is 4.74 Å². The maximum atomic E-state index is 12.4. The maximum absolute atomic E-state index is 12.4. The fourth-order valence-electron chi connectivity index (χ4n) is 4.89. The minimum Gasteiger partial charge on any atom is -0.497 e. The van der Waals surface area contributed by atoms with Gasteiger partial charge >= 0.3 is 5.97 Å². The van der Waals surface area contributed by atoms with E-state index in [0.717, 1.165) is 30.8 Å². The number of likely N-dealkylation sites (tertiary alicyclic amines) is 1. The average molecular weight is 529 g/mol. The van der Waals surface area contributed by atoms with E-state index in [-0.39, 0.29) is 0 Å². The van der Waals surface area contributed by atoms with E-state index in [4.69, 9.17) is 16.3 Å². The number of carboxylic acids is 1. The molecule has 1 aromatic heterocycles. The molecule has 0 bridgehead atoms. The molecule has 0 radical (unpaired) electrons. The molecule has 3 aromatic rings. The lowest BCUT2D eigenvalue weighted by Crippen LogP contribution is -2.45. The van der Waals surface area contributed by atoms with Gasteiger partial charge in [0.1, 0.15) is 5.75 Å². The molecule has 1 saturated heterocycles. The fraction of sp³-hybridized carbons (Fsp3) is 0.429. The van der Waals surface area contributed by atoms with Crippen LogP contribution in [0.4, 0.5) is 0 Å². The van der Waals surface area contributed by atoms with Gasteiger partial charge in [0.2, 0.25) is 0 Å². The molecule has 0 amide bonds. The number of ether oxygens (including phenoxy) is 1. The molecule has 0 spiro atoms. The molecule has 2 aromatic carbocycles. The van der Waals surface area contributed by atoms with Crippen molar-refractivity contribution < 1.29 is 19.7 Å². The van der Waals surface area contributed by atoms with Gasteiger partial charge in [-0.1, -0.05) is 29.3 Å². The van der Waals surface area contributed by atoms with E-state index >= 15 is 0 Å². The number of benzene rings is 2. The van der Waals surface area contributed by atoms with E-state index in [1.165, 1.54) is 16.7 Å². The van der Waals surface area contributed by atoms with Crippen LogP contribution in [-0.2, 0) is 4.79 Å². The van der Waals surface area contributed by atoms with Crippen molar-refractivity contribution in [2.24, 2.45) is 5.41 Å². The van der Waals surface area contributed by atoms with Crippen LogP contribution in [0.2, 0.25) is 5.02 Å². The van der Waals surface area contributed by atoms with E-state index in [1.807, 2.05) is 30.0 Å². The van der Waals surface area contributed by atoms with Crippen molar-refractivity contribution in [2.75, 3.05) is 32.5 Å². The largest absolute Gasteiger partial charge is 0.497 e. The normalized spacial score (nSPS) is 16.7. The lowest BCUT2D eigenvalue weighted by atomic mass is 9.74. The number of thioether (sulfide) groups is 1. The smallest absolute Gasteiger partial charge is 0.309 e. The Kier molecular flexibility index (Phi) is 8.78. The Morgan fingerprint density at radius 2 is 1.94 bits per heavy atom. The van der Waals surface area contributed by atoms with Gasteiger partial charge in [-0.15, -0.1) is 11.8 Å². The lowest BCUT2D eigenvalue weighted by molar-refractivity contribution is -0.153. The molecule has 6 nitrogen and oxygen atoms in total. The molecule has 1 aliphatic heterocycles. The zero-order valence-electron chi connectivity index (χ0n) is 20.7. The number of aliphatic hydroxyl groups is 1. The number of carbonyl (C=O) groups is 1. The second-order valence-corrected chi connectivity index (χ2v) is 11.1. The molecule has 1 atom stereocenters. The standard InChI is InChI=1S/C28H33ClN2O4S/c1-19-3-6-21(7-4-19)36-16-15-31-13-11-28(12-14-31,27(33)34)10-9-25(32)26-22-17-20(35-2)5-8-24(22)30-18-23(26)29/h3-8,17-18,25,32H,9-16H2,1-2H3,(H,33,34). The van der Waals surface area contributed by atoms with Crippen molar-refractivity contribution >= 4 is 40.2 Å². The Morgan fingerprint density at radius 1 is 1.22 bits per heavy atom. The summed E-state index contributed by atoms with van der Waals surface area (Å²) in [4.78, 5) is 20.3. The molecule has 2 heterocycles. The van der Waals surface area contributed by atoms with Gasteiger partial charge in [-0.2, -0.15) is 0 Å². The number of carboxylic acid groups (broad SMARTS) is 1. The number of fused-ring (bicyclic) bond motifs is 1. The Morgan fingerprint density at radius 3 is 2.61 bits per heavy atom. The summed E-state index contributed by atoms with van der Waals surface area (Å²) in [5, 5.41) is 22.4. The highest BCUT2D eigenvalue weighted by atomic mass is 35.5. The monoisotopic (exact) mass is 528 g/mol. The fourth-order valence-corrected chi connectivity index (χ4v) is 6.08. The first-order chi connectivity index (χ1) is 17.3. The Hall–Kier alpha value is -2.32. The number of hydrogen-bond donors (Lipinski definition) is 2. The predicted molar refractivity (Wildman–Crippen MR) is 145 cm³/mol. The van der Waals surface area contributed by atoms with Gasteiger partial charge in [0.15, 0.2) is 0 Å². The summed E-state index contributed by atoms with van der Waals surface area (Å²) in [6.45, 7) is 4.50. The SMILES string of the molecule is COc1ccc2ncc(Cl)c(C(O)CCC3(C(=O)O)CCN(CCSc4ccc(C)cc4)CC3)c2c1. The number of pyridine rings is 1. The zero-order valence-corrected chi connectivity index (χ0v) is 22.3. The highest BCUT2D eigenvalue weighted by molar-refractivity contribution is 7.99. The van der Waals surface area contributed by atoms with Crippen molar-refractivity contribution in [1.29, 1.82) is 0 Å². The van der Waals surface area contributed by atoms with Gasteiger partial charge in [0.05, 0.1) is 29.2 Å². The van der Waals surface area contributed by atoms with Crippen LogP contribution in [-0.4, -0.2) is 58.6 Å². The number of aliphatic carboxylic acids is 1. The Labute approximate surface area is 221 Å². The maximum Gasteiger partial charge on any atom is 0.309 e. The molecule has 1 fully saturated rings. The summed E-state index contributed by atoms with van der Waals surface area (Å²) in [7, 11) is 1.58. The molecule has 36 heavy (non-hydrogen) atoms. The molecular formula is C28H33ClN2O4S. The zero-order chi connectivity index (χ0) is 25.7. The van der Waals surface area contributed by atoms with Gasteiger partial charge in [-0.05, 0) is 76.0 Å². The highest BCUT2D eigenvalue weighted by Crippen LogP contribution is 2.41. The van der Waals surface area contributed by atoms with Gasteiger partial charge < -0.3 is 19.8 Å².